The molecule has 2 rings (SSSR count). The van der Waals surface area contributed by atoms with Gasteiger partial charge in [-0.25, -0.2) is 9.59 Å². The van der Waals surface area contributed by atoms with Crippen LogP contribution in [0, 0.1) is 0 Å². The van der Waals surface area contributed by atoms with Crippen LogP contribution in [0.4, 0.5) is 15.3 Å². The zero-order chi connectivity index (χ0) is 19.0. The van der Waals surface area contributed by atoms with Crippen LogP contribution in [-0.2, 0) is 9.47 Å². The van der Waals surface area contributed by atoms with Crippen molar-refractivity contribution in [2.24, 2.45) is 0 Å². The second-order valence-electron chi connectivity index (χ2n) is 7.57. The molecule has 2 aromatic rings. The molecule has 0 aliphatic heterocycles. The predicted octanol–water partition coefficient (Wildman–Crippen LogP) is 4.93. The Balaban J connectivity index is 2.26. The molecule has 0 saturated carbocycles. The fraction of sp³-hybridized carbons (Fsp3) is 0.471. The third kappa shape index (κ3) is 5.45. The van der Waals surface area contributed by atoms with E-state index >= 15 is 0 Å². The Hall–Kier alpha value is -2.09. The molecule has 0 fully saturated rings. The van der Waals surface area contributed by atoms with Crippen molar-refractivity contribution in [3.63, 3.8) is 0 Å². The van der Waals surface area contributed by atoms with Gasteiger partial charge < -0.3 is 9.47 Å². The molecular weight excluding hydrogens is 390 g/mol. The van der Waals surface area contributed by atoms with Gasteiger partial charge in [-0.1, -0.05) is 0 Å². The molecule has 0 aliphatic carbocycles. The summed E-state index contributed by atoms with van der Waals surface area (Å²) in [6.07, 6.45) is 0.421. The molecule has 1 heterocycles. The standard InChI is InChI=1S/C17H22BrN3O4/c1-16(2,3)24-14(22)19-13-7-10-9-21(15(23)25-17(4,5)6)20-12(10)8-11(13)18/h7-9H,1-6H3,(H,19,22). The minimum atomic E-state index is -0.612. The highest BCUT2D eigenvalue weighted by molar-refractivity contribution is 9.10. The summed E-state index contributed by atoms with van der Waals surface area (Å²) in [4.78, 5) is 24.0. The van der Waals surface area contributed by atoms with Gasteiger partial charge in [0.15, 0.2) is 0 Å². The molecule has 136 valence electrons. The van der Waals surface area contributed by atoms with Gasteiger partial charge in [0.05, 0.1) is 11.2 Å². The number of fused-ring (bicyclic) bond motifs is 1. The van der Waals surface area contributed by atoms with Gasteiger partial charge in [0.25, 0.3) is 0 Å². The minimum Gasteiger partial charge on any atom is -0.444 e. The van der Waals surface area contributed by atoms with Crippen LogP contribution < -0.4 is 5.32 Å². The van der Waals surface area contributed by atoms with E-state index in [-0.39, 0.29) is 0 Å². The maximum atomic E-state index is 12.1. The molecule has 0 spiro atoms. The summed E-state index contributed by atoms with van der Waals surface area (Å²) in [5.41, 5.74) is -0.0976. The van der Waals surface area contributed by atoms with E-state index in [4.69, 9.17) is 9.47 Å². The lowest BCUT2D eigenvalue weighted by Crippen LogP contribution is -2.27. The molecule has 7 nitrogen and oxygen atoms in total. The van der Waals surface area contributed by atoms with Crippen molar-refractivity contribution in [3.05, 3.63) is 22.8 Å². The fourth-order valence-corrected chi connectivity index (χ4v) is 2.39. The van der Waals surface area contributed by atoms with Gasteiger partial charge in [-0.3, -0.25) is 5.32 Å². The highest BCUT2D eigenvalue weighted by atomic mass is 79.9. The van der Waals surface area contributed by atoms with E-state index in [0.717, 1.165) is 4.68 Å². The van der Waals surface area contributed by atoms with Crippen molar-refractivity contribution < 1.29 is 19.1 Å². The molecule has 0 radical (unpaired) electrons. The molecular formula is C17H22BrN3O4. The molecule has 0 aliphatic rings. The number of hydrogen-bond donors (Lipinski definition) is 1. The first kappa shape index (κ1) is 19.2. The third-order valence-corrected chi connectivity index (χ3v) is 3.47. The van der Waals surface area contributed by atoms with E-state index in [1.807, 2.05) is 0 Å². The van der Waals surface area contributed by atoms with Crippen LogP contribution in [0.25, 0.3) is 10.9 Å². The van der Waals surface area contributed by atoms with Crippen LogP contribution >= 0.6 is 15.9 Å². The average Bonchev–Trinajstić information content (AvgIpc) is 2.77. The van der Waals surface area contributed by atoms with E-state index in [1.54, 1.807) is 59.9 Å². The zero-order valence-electron chi connectivity index (χ0n) is 15.1. The summed E-state index contributed by atoms with van der Waals surface area (Å²) >= 11 is 3.38. The van der Waals surface area contributed by atoms with Crippen LogP contribution in [0.15, 0.2) is 22.8 Å². The number of nitrogens with zero attached hydrogens (tertiary/aromatic N) is 2. The summed E-state index contributed by atoms with van der Waals surface area (Å²) in [7, 11) is 0. The number of ether oxygens (including phenoxy) is 2. The first-order valence-corrected chi connectivity index (χ1v) is 8.56. The highest BCUT2D eigenvalue weighted by Crippen LogP contribution is 2.28. The Morgan fingerprint density at radius 3 is 2.24 bits per heavy atom. The number of benzene rings is 1. The molecule has 1 amide bonds. The van der Waals surface area contributed by atoms with Gasteiger partial charge in [-0.05, 0) is 69.6 Å². The molecule has 0 atom stereocenters. The molecule has 0 bridgehead atoms. The topological polar surface area (TPSA) is 82.5 Å². The summed E-state index contributed by atoms with van der Waals surface area (Å²) in [6.45, 7) is 10.7. The number of amides is 1. The minimum absolute atomic E-state index is 0.519. The lowest BCUT2D eigenvalue weighted by atomic mass is 10.2. The second-order valence-corrected chi connectivity index (χ2v) is 8.43. The lowest BCUT2D eigenvalue weighted by Gasteiger charge is -2.20. The normalized spacial score (nSPS) is 12.1. The van der Waals surface area contributed by atoms with Gasteiger partial charge in [-0.2, -0.15) is 9.78 Å². The number of anilines is 1. The van der Waals surface area contributed by atoms with Crippen molar-refractivity contribution in [1.82, 2.24) is 9.78 Å². The van der Waals surface area contributed by atoms with Crippen molar-refractivity contribution in [2.75, 3.05) is 5.32 Å². The maximum Gasteiger partial charge on any atom is 0.435 e. The Morgan fingerprint density at radius 1 is 1.08 bits per heavy atom. The smallest absolute Gasteiger partial charge is 0.435 e. The lowest BCUT2D eigenvalue weighted by molar-refractivity contribution is 0.0514. The highest BCUT2D eigenvalue weighted by Gasteiger charge is 2.20. The van der Waals surface area contributed by atoms with Gasteiger partial charge in [0, 0.05) is 16.1 Å². The summed E-state index contributed by atoms with van der Waals surface area (Å²) in [5, 5.41) is 7.56. The molecule has 1 aromatic heterocycles. The number of halogens is 1. The third-order valence-electron chi connectivity index (χ3n) is 2.81. The summed E-state index contributed by atoms with van der Waals surface area (Å²) < 4.78 is 12.3. The maximum absolute atomic E-state index is 12.1. The SMILES string of the molecule is CC(C)(C)OC(=O)Nc1cc2cn(C(=O)OC(C)(C)C)nc2cc1Br. The van der Waals surface area contributed by atoms with Crippen LogP contribution in [0.3, 0.4) is 0 Å². The first-order chi connectivity index (χ1) is 11.3. The molecule has 0 unspecified atom stereocenters. The first-order valence-electron chi connectivity index (χ1n) is 7.76. The van der Waals surface area contributed by atoms with Crippen molar-refractivity contribution in [2.45, 2.75) is 52.7 Å². The summed E-state index contributed by atoms with van der Waals surface area (Å²) in [6, 6.07) is 3.42. The van der Waals surface area contributed by atoms with E-state index in [0.29, 0.717) is 21.1 Å². The van der Waals surface area contributed by atoms with Crippen molar-refractivity contribution >= 4 is 44.7 Å². The van der Waals surface area contributed by atoms with E-state index < -0.39 is 23.4 Å². The Labute approximate surface area is 154 Å². The number of rotatable bonds is 1. The van der Waals surface area contributed by atoms with Gasteiger partial charge >= 0.3 is 12.2 Å². The fourth-order valence-electron chi connectivity index (χ4n) is 1.96. The van der Waals surface area contributed by atoms with Crippen LogP contribution in [0.5, 0.6) is 0 Å². The summed E-state index contributed by atoms with van der Waals surface area (Å²) in [5.74, 6) is 0. The van der Waals surface area contributed by atoms with Gasteiger partial charge in [-0.15, -0.1) is 0 Å². The Morgan fingerprint density at radius 2 is 1.68 bits per heavy atom. The van der Waals surface area contributed by atoms with Gasteiger partial charge in [0.1, 0.15) is 11.2 Å². The zero-order valence-corrected chi connectivity index (χ0v) is 16.7. The van der Waals surface area contributed by atoms with Crippen LogP contribution in [-0.4, -0.2) is 33.2 Å². The average molecular weight is 412 g/mol. The van der Waals surface area contributed by atoms with Crippen molar-refractivity contribution in [1.29, 1.82) is 0 Å². The van der Waals surface area contributed by atoms with Crippen molar-refractivity contribution in [3.8, 4) is 0 Å². The molecule has 25 heavy (non-hydrogen) atoms. The number of carbonyl (C=O) groups excluding carboxylic acids is 2. The quantitative estimate of drug-likeness (QED) is 0.718. The molecule has 8 heteroatoms. The van der Waals surface area contributed by atoms with E-state index in [9.17, 15) is 9.59 Å². The number of nitrogens with one attached hydrogen (secondary N) is 1. The van der Waals surface area contributed by atoms with Crippen LogP contribution in [0.2, 0.25) is 0 Å². The van der Waals surface area contributed by atoms with E-state index in [2.05, 4.69) is 26.3 Å². The Bertz CT molecular complexity index is 816. The van der Waals surface area contributed by atoms with Gasteiger partial charge in [0.2, 0.25) is 0 Å². The number of carbonyl (C=O) groups is 2. The van der Waals surface area contributed by atoms with E-state index in [1.165, 1.54) is 0 Å². The Kier molecular flexibility index (Phi) is 5.13. The molecule has 0 saturated heterocycles. The molecule has 1 aromatic carbocycles. The predicted molar refractivity (Wildman–Crippen MR) is 98.9 cm³/mol. The number of hydrogen-bond acceptors (Lipinski definition) is 5. The van der Waals surface area contributed by atoms with Crippen LogP contribution in [0.1, 0.15) is 41.5 Å². The number of aromatic nitrogens is 2. The monoisotopic (exact) mass is 411 g/mol. The largest absolute Gasteiger partial charge is 0.444 e. The molecule has 1 N–H and O–H groups in total. The second kappa shape index (κ2) is 6.67.